The highest BCUT2D eigenvalue weighted by atomic mass is 19.1. The summed E-state index contributed by atoms with van der Waals surface area (Å²) in [5, 5.41) is 6.45. The molecule has 0 atom stereocenters. The van der Waals surface area contributed by atoms with Gasteiger partial charge in [0.05, 0.1) is 12.7 Å². The van der Waals surface area contributed by atoms with Gasteiger partial charge in [0.15, 0.2) is 0 Å². The monoisotopic (exact) mass is 447 g/mol. The quantitative estimate of drug-likeness (QED) is 0.516. The summed E-state index contributed by atoms with van der Waals surface area (Å²) < 4.78 is 19.0. The lowest BCUT2D eigenvalue weighted by atomic mass is 10.0. The number of rotatable bonds is 8. The lowest BCUT2D eigenvalue weighted by molar-refractivity contribution is 0.102. The zero-order chi connectivity index (χ0) is 23.0. The number of piperidine rings is 1. The summed E-state index contributed by atoms with van der Waals surface area (Å²) in [6, 6.07) is 22.5. The molecule has 1 heterocycles. The average molecular weight is 448 g/mol. The predicted octanol–water partition coefficient (Wildman–Crippen LogP) is 4.89. The van der Waals surface area contributed by atoms with Crippen molar-refractivity contribution in [3.63, 3.8) is 0 Å². The maximum Gasteiger partial charge on any atom is 0.258 e. The molecule has 3 aromatic carbocycles. The van der Waals surface area contributed by atoms with Crippen LogP contribution in [0, 0.1) is 5.82 Å². The van der Waals surface area contributed by atoms with Gasteiger partial charge >= 0.3 is 0 Å². The van der Waals surface area contributed by atoms with Crippen LogP contribution >= 0.6 is 0 Å². The lowest BCUT2D eigenvalue weighted by Gasteiger charge is -2.34. The molecule has 5 nitrogen and oxygen atoms in total. The number of hydrogen-bond acceptors (Lipinski definition) is 4. The van der Waals surface area contributed by atoms with Crippen molar-refractivity contribution < 1.29 is 13.9 Å². The van der Waals surface area contributed by atoms with E-state index < -0.39 is 11.7 Å². The third-order valence-electron chi connectivity index (χ3n) is 6.11. The van der Waals surface area contributed by atoms with Crippen molar-refractivity contribution >= 4 is 17.3 Å². The zero-order valence-electron chi connectivity index (χ0n) is 18.9. The number of nitrogens with zero attached hydrogens (tertiary/aromatic N) is 1. The number of methoxy groups -OCH3 is 1. The summed E-state index contributed by atoms with van der Waals surface area (Å²) in [6.45, 7) is 2.94. The Hall–Kier alpha value is -3.38. The van der Waals surface area contributed by atoms with Crippen molar-refractivity contribution in [1.29, 1.82) is 0 Å². The molecule has 2 N–H and O–H groups in total. The standard InChI is InChI=1S/C27H30FN3O2/c1-33-24-12-6-20(7-13-24)14-17-29-21-15-18-31(19-16-21)23-10-8-22(9-11-23)30-27(32)25-4-2-3-5-26(25)28/h2-13,21,29H,14-19H2,1H3,(H,30,32). The van der Waals surface area contributed by atoms with Crippen molar-refractivity contribution in [2.45, 2.75) is 25.3 Å². The lowest BCUT2D eigenvalue weighted by Crippen LogP contribution is -2.43. The fraction of sp³-hybridized carbons (Fsp3) is 0.296. The van der Waals surface area contributed by atoms with Gasteiger partial charge in [0.25, 0.3) is 5.91 Å². The fourth-order valence-electron chi connectivity index (χ4n) is 4.15. The Morgan fingerprint density at radius 1 is 1.00 bits per heavy atom. The second-order valence-electron chi connectivity index (χ2n) is 8.29. The van der Waals surface area contributed by atoms with Crippen LogP contribution in [0.2, 0.25) is 0 Å². The topological polar surface area (TPSA) is 53.6 Å². The van der Waals surface area contributed by atoms with Crippen LogP contribution in [-0.4, -0.2) is 38.7 Å². The van der Waals surface area contributed by atoms with Gasteiger partial charge in [-0.15, -0.1) is 0 Å². The Labute approximate surface area is 194 Å². The van der Waals surface area contributed by atoms with Gasteiger partial charge in [-0.25, -0.2) is 4.39 Å². The van der Waals surface area contributed by atoms with Crippen LogP contribution in [-0.2, 0) is 6.42 Å². The van der Waals surface area contributed by atoms with E-state index in [1.165, 1.54) is 17.7 Å². The van der Waals surface area contributed by atoms with E-state index in [9.17, 15) is 9.18 Å². The minimum atomic E-state index is -0.521. The molecule has 1 aliphatic heterocycles. The van der Waals surface area contributed by atoms with Crippen molar-refractivity contribution in [2.75, 3.05) is 37.0 Å². The third-order valence-corrected chi connectivity index (χ3v) is 6.11. The van der Waals surface area contributed by atoms with E-state index in [1.807, 2.05) is 36.4 Å². The first kappa shape index (κ1) is 22.8. The molecule has 172 valence electrons. The molecule has 0 radical (unpaired) electrons. The van der Waals surface area contributed by atoms with E-state index >= 15 is 0 Å². The van der Waals surface area contributed by atoms with Crippen LogP contribution in [0.15, 0.2) is 72.8 Å². The van der Waals surface area contributed by atoms with Crippen LogP contribution in [0.4, 0.5) is 15.8 Å². The van der Waals surface area contributed by atoms with E-state index in [1.54, 1.807) is 19.2 Å². The van der Waals surface area contributed by atoms with E-state index in [-0.39, 0.29) is 5.56 Å². The van der Waals surface area contributed by atoms with E-state index in [0.29, 0.717) is 11.7 Å². The summed E-state index contributed by atoms with van der Waals surface area (Å²) in [5.74, 6) is -0.0749. The number of hydrogen-bond donors (Lipinski definition) is 2. The van der Waals surface area contributed by atoms with Crippen LogP contribution in [0.3, 0.4) is 0 Å². The molecule has 1 saturated heterocycles. The van der Waals surface area contributed by atoms with Gasteiger partial charge in [0.1, 0.15) is 11.6 Å². The first-order valence-corrected chi connectivity index (χ1v) is 11.4. The summed E-state index contributed by atoms with van der Waals surface area (Å²) >= 11 is 0. The summed E-state index contributed by atoms with van der Waals surface area (Å²) in [7, 11) is 1.68. The Bertz CT molecular complexity index is 1050. The zero-order valence-corrected chi connectivity index (χ0v) is 18.9. The molecule has 0 spiro atoms. The molecule has 6 heteroatoms. The van der Waals surface area contributed by atoms with E-state index in [2.05, 4.69) is 27.7 Å². The van der Waals surface area contributed by atoms with Crippen molar-refractivity contribution in [1.82, 2.24) is 5.32 Å². The van der Waals surface area contributed by atoms with Crippen molar-refractivity contribution in [3.05, 3.63) is 89.7 Å². The summed E-state index contributed by atoms with van der Waals surface area (Å²) in [4.78, 5) is 14.7. The van der Waals surface area contributed by atoms with Gasteiger partial charge in [0, 0.05) is 30.5 Å². The normalized spacial score (nSPS) is 14.2. The molecule has 0 aliphatic carbocycles. The second-order valence-corrected chi connectivity index (χ2v) is 8.29. The SMILES string of the molecule is COc1ccc(CCNC2CCN(c3ccc(NC(=O)c4ccccc4F)cc3)CC2)cc1. The van der Waals surface area contributed by atoms with Crippen molar-refractivity contribution in [3.8, 4) is 5.75 Å². The molecule has 0 bridgehead atoms. The molecule has 33 heavy (non-hydrogen) atoms. The Kier molecular flexibility index (Phi) is 7.58. The summed E-state index contributed by atoms with van der Waals surface area (Å²) in [6.07, 6.45) is 3.19. The van der Waals surface area contributed by atoms with Gasteiger partial charge in [-0.1, -0.05) is 24.3 Å². The Morgan fingerprint density at radius 3 is 2.36 bits per heavy atom. The third kappa shape index (κ3) is 6.11. The number of ether oxygens (including phenoxy) is 1. The molecule has 1 amide bonds. The number of carbonyl (C=O) groups is 1. The number of benzene rings is 3. The molecule has 0 saturated carbocycles. The molecule has 4 rings (SSSR count). The smallest absolute Gasteiger partial charge is 0.258 e. The highest BCUT2D eigenvalue weighted by Gasteiger charge is 2.19. The molecule has 0 aromatic heterocycles. The van der Waals surface area contributed by atoms with Gasteiger partial charge in [-0.2, -0.15) is 0 Å². The molecule has 3 aromatic rings. The van der Waals surface area contributed by atoms with Crippen molar-refractivity contribution in [2.24, 2.45) is 0 Å². The summed E-state index contributed by atoms with van der Waals surface area (Å²) in [5.41, 5.74) is 3.14. The molecule has 1 fully saturated rings. The first-order chi connectivity index (χ1) is 16.1. The molecule has 1 aliphatic rings. The number of amides is 1. The van der Waals surface area contributed by atoms with Crippen LogP contribution < -0.4 is 20.3 Å². The van der Waals surface area contributed by atoms with Crippen LogP contribution in [0.25, 0.3) is 0 Å². The Morgan fingerprint density at radius 2 is 1.70 bits per heavy atom. The fourth-order valence-corrected chi connectivity index (χ4v) is 4.15. The molecule has 0 unspecified atom stereocenters. The number of nitrogens with one attached hydrogen (secondary N) is 2. The maximum atomic E-state index is 13.8. The molecular weight excluding hydrogens is 417 g/mol. The van der Waals surface area contributed by atoms with Crippen LogP contribution in [0.5, 0.6) is 5.75 Å². The van der Waals surface area contributed by atoms with Gasteiger partial charge in [0.2, 0.25) is 0 Å². The predicted molar refractivity (Wildman–Crippen MR) is 131 cm³/mol. The number of carbonyl (C=O) groups excluding carboxylic acids is 1. The van der Waals surface area contributed by atoms with Gasteiger partial charge in [-0.05, 0) is 79.9 Å². The van der Waals surface area contributed by atoms with Gasteiger partial charge in [-0.3, -0.25) is 4.79 Å². The minimum Gasteiger partial charge on any atom is -0.497 e. The second kappa shape index (κ2) is 11.0. The first-order valence-electron chi connectivity index (χ1n) is 11.4. The minimum absolute atomic E-state index is 0.0446. The average Bonchev–Trinajstić information content (AvgIpc) is 2.86. The number of halogens is 1. The number of anilines is 2. The molecular formula is C27H30FN3O2. The maximum absolute atomic E-state index is 13.8. The van der Waals surface area contributed by atoms with Crippen LogP contribution in [0.1, 0.15) is 28.8 Å². The largest absolute Gasteiger partial charge is 0.497 e. The Balaban J connectivity index is 1.21. The van der Waals surface area contributed by atoms with E-state index in [4.69, 9.17) is 4.74 Å². The highest BCUT2D eigenvalue weighted by Crippen LogP contribution is 2.23. The van der Waals surface area contributed by atoms with Gasteiger partial charge < -0.3 is 20.3 Å². The van der Waals surface area contributed by atoms with E-state index in [0.717, 1.165) is 50.3 Å². The highest BCUT2D eigenvalue weighted by molar-refractivity contribution is 6.04.